The summed E-state index contributed by atoms with van der Waals surface area (Å²) in [5.74, 6) is 0.337. The van der Waals surface area contributed by atoms with Crippen molar-refractivity contribution in [1.29, 1.82) is 0 Å². The van der Waals surface area contributed by atoms with Gasteiger partial charge >= 0.3 is 5.69 Å². The number of hydrogen-bond acceptors (Lipinski definition) is 6. The molecule has 30 heavy (non-hydrogen) atoms. The molecule has 0 radical (unpaired) electrons. The average Bonchev–Trinajstić information content (AvgIpc) is 3.11. The second kappa shape index (κ2) is 7.96. The quantitative estimate of drug-likeness (QED) is 0.391. The number of halogens is 1. The Bertz CT molecular complexity index is 1350. The zero-order chi connectivity index (χ0) is 21.3. The highest BCUT2D eigenvalue weighted by molar-refractivity contribution is 6.30. The number of aromatic nitrogens is 5. The molecule has 4 rings (SSSR count). The van der Waals surface area contributed by atoms with Gasteiger partial charge in [-0.3, -0.25) is 23.5 Å². The van der Waals surface area contributed by atoms with E-state index in [1.54, 1.807) is 54.5 Å². The molecular formula is C20H18ClN7O2. The Morgan fingerprint density at radius 2 is 1.77 bits per heavy atom. The number of aryl methyl sites for hydroxylation is 1. The van der Waals surface area contributed by atoms with E-state index in [2.05, 4.69) is 20.5 Å². The van der Waals surface area contributed by atoms with Gasteiger partial charge in [-0.05, 0) is 35.4 Å². The van der Waals surface area contributed by atoms with E-state index in [1.165, 1.54) is 11.6 Å². The van der Waals surface area contributed by atoms with Crippen LogP contribution in [0.5, 0.6) is 0 Å². The number of rotatable bonds is 5. The first-order chi connectivity index (χ1) is 14.5. The van der Waals surface area contributed by atoms with Gasteiger partial charge in [-0.1, -0.05) is 23.7 Å². The molecule has 0 aliphatic rings. The maximum Gasteiger partial charge on any atom is 0.332 e. The Morgan fingerprint density at radius 3 is 2.47 bits per heavy atom. The molecule has 1 aromatic carbocycles. The number of imidazole rings is 1. The number of pyridine rings is 1. The summed E-state index contributed by atoms with van der Waals surface area (Å²) in [6.07, 6.45) is 4.94. The SMILES string of the molecule is Cn1c(=O)c2c(nc(N/N=C\c3ccncc3)n2Cc2ccc(Cl)cc2)n(C)c1=O. The highest BCUT2D eigenvalue weighted by atomic mass is 35.5. The second-order valence-corrected chi connectivity index (χ2v) is 7.11. The van der Waals surface area contributed by atoms with E-state index >= 15 is 0 Å². The molecule has 9 nitrogen and oxygen atoms in total. The molecule has 4 aromatic rings. The van der Waals surface area contributed by atoms with Crippen molar-refractivity contribution in [3.8, 4) is 0 Å². The Hall–Kier alpha value is -3.72. The molecule has 0 saturated carbocycles. The topological polar surface area (TPSA) is 99.1 Å². The van der Waals surface area contributed by atoms with Crippen molar-refractivity contribution in [1.82, 2.24) is 23.7 Å². The summed E-state index contributed by atoms with van der Waals surface area (Å²) in [6.45, 7) is 0.341. The summed E-state index contributed by atoms with van der Waals surface area (Å²) in [4.78, 5) is 33.6. The molecule has 0 aliphatic carbocycles. The van der Waals surface area contributed by atoms with E-state index in [4.69, 9.17) is 11.6 Å². The molecule has 0 amide bonds. The second-order valence-electron chi connectivity index (χ2n) is 6.68. The number of nitrogens with zero attached hydrogens (tertiary/aromatic N) is 6. The zero-order valence-electron chi connectivity index (χ0n) is 16.3. The van der Waals surface area contributed by atoms with Crippen molar-refractivity contribution in [3.05, 3.63) is 85.8 Å². The van der Waals surface area contributed by atoms with Crippen LogP contribution in [-0.2, 0) is 20.6 Å². The van der Waals surface area contributed by atoms with Crippen molar-refractivity contribution >= 4 is 34.9 Å². The van der Waals surface area contributed by atoms with Gasteiger partial charge in [0.2, 0.25) is 5.95 Å². The average molecular weight is 424 g/mol. The minimum Gasteiger partial charge on any atom is -0.298 e. The van der Waals surface area contributed by atoms with Crippen LogP contribution in [0.2, 0.25) is 5.02 Å². The fourth-order valence-corrected chi connectivity index (χ4v) is 3.20. The van der Waals surface area contributed by atoms with E-state index in [9.17, 15) is 9.59 Å². The summed E-state index contributed by atoms with van der Waals surface area (Å²) in [5, 5.41) is 4.84. The fourth-order valence-electron chi connectivity index (χ4n) is 3.07. The molecule has 152 valence electrons. The molecule has 0 aliphatic heterocycles. The van der Waals surface area contributed by atoms with Gasteiger partial charge in [-0.15, -0.1) is 0 Å². The normalized spacial score (nSPS) is 11.4. The molecular weight excluding hydrogens is 406 g/mol. The van der Waals surface area contributed by atoms with Crippen molar-refractivity contribution in [2.24, 2.45) is 19.2 Å². The molecule has 0 fully saturated rings. The number of hydrazone groups is 1. The van der Waals surface area contributed by atoms with Crippen LogP contribution in [0.3, 0.4) is 0 Å². The van der Waals surface area contributed by atoms with Crippen molar-refractivity contribution in [2.45, 2.75) is 6.54 Å². The summed E-state index contributed by atoms with van der Waals surface area (Å²) >= 11 is 5.98. The van der Waals surface area contributed by atoms with Crippen LogP contribution in [0.25, 0.3) is 11.2 Å². The lowest BCUT2D eigenvalue weighted by Crippen LogP contribution is -2.37. The Morgan fingerprint density at radius 1 is 1.07 bits per heavy atom. The molecule has 3 heterocycles. The smallest absolute Gasteiger partial charge is 0.298 e. The minimum absolute atomic E-state index is 0.277. The van der Waals surface area contributed by atoms with Crippen LogP contribution >= 0.6 is 11.6 Å². The lowest BCUT2D eigenvalue weighted by molar-refractivity contribution is 0.702. The molecule has 0 spiro atoms. The van der Waals surface area contributed by atoms with E-state index < -0.39 is 11.2 Å². The van der Waals surface area contributed by atoms with Crippen molar-refractivity contribution in [3.63, 3.8) is 0 Å². The highest BCUT2D eigenvalue weighted by Crippen LogP contribution is 2.19. The third kappa shape index (κ3) is 3.62. The first-order valence-electron chi connectivity index (χ1n) is 9.05. The minimum atomic E-state index is -0.449. The van der Waals surface area contributed by atoms with E-state index in [0.717, 1.165) is 15.7 Å². The van der Waals surface area contributed by atoms with Crippen molar-refractivity contribution < 1.29 is 0 Å². The summed E-state index contributed by atoms with van der Waals surface area (Å²) in [7, 11) is 3.02. The monoisotopic (exact) mass is 423 g/mol. The zero-order valence-corrected chi connectivity index (χ0v) is 17.0. The van der Waals surface area contributed by atoms with E-state index in [1.807, 2.05) is 12.1 Å². The first kappa shape index (κ1) is 19.6. The number of anilines is 1. The summed E-state index contributed by atoms with van der Waals surface area (Å²) in [6, 6.07) is 10.9. The predicted octanol–water partition coefficient (Wildman–Crippen LogP) is 1.98. The van der Waals surface area contributed by atoms with Crippen LogP contribution in [0.1, 0.15) is 11.1 Å². The van der Waals surface area contributed by atoms with Crippen LogP contribution in [0, 0.1) is 0 Å². The van der Waals surface area contributed by atoms with Crippen LogP contribution in [-0.4, -0.2) is 29.9 Å². The number of benzene rings is 1. The molecule has 0 saturated heterocycles. The lowest BCUT2D eigenvalue weighted by Gasteiger charge is -2.09. The van der Waals surface area contributed by atoms with Gasteiger partial charge < -0.3 is 0 Å². The van der Waals surface area contributed by atoms with Gasteiger partial charge in [-0.25, -0.2) is 10.2 Å². The molecule has 1 N–H and O–H groups in total. The van der Waals surface area contributed by atoms with Crippen molar-refractivity contribution in [2.75, 3.05) is 5.43 Å². The number of hydrogen-bond donors (Lipinski definition) is 1. The third-order valence-corrected chi connectivity index (χ3v) is 4.94. The van der Waals surface area contributed by atoms with Gasteiger partial charge in [0.15, 0.2) is 11.2 Å². The number of fused-ring (bicyclic) bond motifs is 1. The first-order valence-corrected chi connectivity index (χ1v) is 9.43. The van der Waals surface area contributed by atoms with Gasteiger partial charge in [-0.2, -0.15) is 10.1 Å². The maximum absolute atomic E-state index is 12.9. The Labute approximate surface area is 175 Å². The van der Waals surface area contributed by atoms with Gasteiger partial charge in [0, 0.05) is 31.5 Å². The summed E-state index contributed by atoms with van der Waals surface area (Å²) < 4.78 is 4.10. The van der Waals surface area contributed by atoms with Crippen LogP contribution in [0.15, 0.2) is 63.5 Å². The van der Waals surface area contributed by atoms with Crippen LogP contribution in [0.4, 0.5) is 5.95 Å². The van der Waals surface area contributed by atoms with Gasteiger partial charge in [0.05, 0.1) is 12.8 Å². The Balaban J connectivity index is 1.83. The third-order valence-electron chi connectivity index (χ3n) is 4.69. The summed E-state index contributed by atoms with van der Waals surface area (Å²) in [5.41, 5.74) is 4.35. The lowest BCUT2D eigenvalue weighted by atomic mass is 10.2. The fraction of sp³-hybridized carbons (Fsp3) is 0.150. The molecule has 10 heteroatoms. The molecule has 0 atom stereocenters. The highest BCUT2D eigenvalue weighted by Gasteiger charge is 2.19. The largest absolute Gasteiger partial charge is 0.332 e. The predicted molar refractivity (Wildman–Crippen MR) is 116 cm³/mol. The maximum atomic E-state index is 12.9. The van der Waals surface area contributed by atoms with Crippen LogP contribution < -0.4 is 16.7 Å². The molecule has 3 aromatic heterocycles. The number of nitrogens with one attached hydrogen (secondary N) is 1. The van der Waals surface area contributed by atoms with E-state index in [0.29, 0.717) is 23.0 Å². The molecule has 0 bridgehead atoms. The molecule has 0 unspecified atom stereocenters. The standard InChI is InChI=1S/C20H18ClN7O2/c1-26-17-16(18(29)27(2)20(26)30)28(12-14-3-5-15(21)6-4-14)19(24-17)25-23-11-13-7-9-22-10-8-13/h3-11H,12H2,1-2H3,(H,24,25)/b23-11-. The van der Waals surface area contributed by atoms with Gasteiger partial charge in [0.25, 0.3) is 5.56 Å². The Kier molecular flexibility index (Phi) is 5.20. The van der Waals surface area contributed by atoms with Gasteiger partial charge in [0.1, 0.15) is 0 Å². The van der Waals surface area contributed by atoms with E-state index in [-0.39, 0.29) is 5.65 Å².